The van der Waals surface area contributed by atoms with Crippen LogP contribution in [0.1, 0.15) is 11.1 Å². The minimum atomic E-state index is 0.0303. The first-order valence-corrected chi connectivity index (χ1v) is 8.09. The Balaban J connectivity index is 1.51. The molecule has 1 N–H and O–H groups in total. The third-order valence-corrected chi connectivity index (χ3v) is 4.92. The lowest BCUT2D eigenvalue weighted by Gasteiger charge is -2.47. The Kier molecular flexibility index (Phi) is 4.36. The smallest absolute Gasteiger partial charge is 0.321 e. The van der Waals surface area contributed by atoms with Crippen LogP contribution in [0.5, 0.6) is 0 Å². The van der Waals surface area contributed by atoms with Crippen LogP contribution in [0.15, 0.2) is 18.2 Å². The summed E-state index contributed by atoms with van der Waals surface area (Å²) in [5.41, 5.74) is 3.18. The fourth-order valence-corrected chi connectivity index (χ4v) is 3.24. The summed E-state index contributed by atoms with van der Waals surface area (Å²) in [6.45, 7) is 10.3. The van der Waals surface area contributed by atoms with E-state index >= 15 is 0 Å². The molecule has 0 radical (unpaired) electrons. The van der Waals surface area contributed by atoms with Crippen LogP contribution in [0.4, 0.5) is 10.5 Å². The molecule has 0 aromatic heterocycles. The van der Waals surface area contributed by atoms with Crippen LogP contribution in [-0.2, 0) is 0 Å². The molecule has 0 bridgehead atoms. The van der Waals surface area contributed by atoms with Crippen LogP contribution in [0.3, 0.4) is 0 Å². The lowest BCUT2D eigenvalue weighted by atomic mass is 10.1. The highest BCUT2D eigenvalue weighted by Crippen LogP contribution is 2.22. The Hall–Kier alpha value is -1.59. The Labute approximate surface area is 132 Å². The van der Waals surface area contributed by atoms with Crippen molar-refractivity contribution in [2.75, 3.05) is 51.6 Å². The number of hydrogen-bond donors (Lipinski definition) is 1. The summed E-state index contributed by atoms with van der Waals surface area (Å²) in [5, 5.41) is 3.07. The molecule has 0 unspecified atom stereocenters. The first-order chi connectivity index (χ1) is 10.5. The largest absolute Gasteiger partial charge is 0.321 e. The van der Waals surface area contributed by atoms with Gasteiger partial charge in [0.2, 0.25) is 0 Å². The van der Waals surface area contributed by atoms with Gasteiger partial charge in [-0.25, -0.2) is 4.79 Å². The predicted molar refractivity (Wildman–Crippen MR) is 89.4 cm³/mol. The molecular weight excluding hydrogens is 276 g/mol. The zero-order chi connectivity index (χ0) is 15.7. The summed E-state index contributed by atoms with van der Waals surface area (Å²) in [5.74, 6) is 0. The van der Waals surface area contributed by atoms with Gasteiger partial charge in [0.1, 0.15) is 0 Å². The molecule has 3 rings (SSSR count). The van der Waals surface area contributed by atoms with Crippen molar-refractivity contribution >= 4 is 11.7 Å². The second-order valence-electron chi connectivity index (χ2n) is 6.60. The number of anilines is 1. The minimum absolute atomic E-state index is 0.0303. The van der Waals surface area contributed by atoms with E-state index in [0.29, 0.717) is 6.04 Å². The van der Waals surface area contributed by atoms with Crippen molar-refractivity contribution in [1.29, 1.82) is 0 Å². The zero-order valence-electron chi connectivity index (χ0n) is 13.8. The van der Waals surface area contributed by atoms with E-state index in [1.807, 2.05) is 36.9 Å². The van der Waals surface area contributed by atoms with Crippen molar-refractivity contribution in [1.82, 2.24) is 14.7 Å². The van der Waals surface area contributed by atoms with E-state index in [0.717, 1.165) is 56.1 Å². The maximum Gasteiger partial charge on any atom is 0.321 e. The summed E-state index contributed by atoms with van der Waals surface area (Å²) in [6, 6.07) is 6.66. The van der Waals surface area contributed by atoms with Gasteiger partial charge in [-0.15, -0.1) is 0 Å². The van der Waals surface area contributed by atoms with E-state index < -0.39 is 0 Å². The highest BCUT2D eigenvalue weighted by molar-refractivity contribution is 5.91. The van der Waals surface area contributed by atoms with Crippen molar-refractivity contribution < 1.29 is 4.79 Å². The van der Waals surface area contributed by atoms with Crippen molar-refractivity contribution in [3.63, 3.8) is 0 Å². The van der Waals surface area contributed by atoms with E-state index in [-0.39, 0.29) is 6.03 Å². The van der Waals surface area contributed by atoms with Crippen molar-refractivity contribution in [3.8, 4) is 0 Å². The lowest BCUT2D eigenvalue weighted by molar-refractivity contribution is 0.0318. The quantitative estimate of drug-likeness (QED) is 0.905. The number of benzene rings is 1. The van der Waals surface area contributed by atoms with Gasteiger partial charge in [-0.1, -0.05) is 18.2 Å². The number of aryl methyl sites for hydroxylation is 2. The van der Waals surface area contributed by atoms with Gasteiger partial charge in [-0.2, -0.15) is 0 Å². The number of para-hydroxylation sites is 1. The number of urea groups is 1. The van der Waals surface area contributed by atoms with Crippen LogP contribution in [0.2, 0.25) is 0 Å². The van der Waals surface area contributed by atoms with Gasteiger partial charge in [-0.05, 0) is 32.0 Å². The highest BCUT2D eigenvalue weighted by atomic mass is 16.2. The van der Waals surface area contributed by atoms with Gasteiger partial charge < -0.3 is 15.1 Å². The Morgan fingerprint density at radius 2 is 1.68 bits per heavy atom. The number of likely N-dealkylation sites (tertiary alicyclic amines) is 1. The Morgan fingerprint density at radius 3 is 2.27 bits per heavy atom. The molecule has 0 saturated carbocycles. The molecule has 0 aliphatic carbocycles. The molecule has 2 saturated heterocycles. The minimum Gasteiger partial charge on any atom is -0.321 e. The Morgan fingerprint density at radius 1 is 1.09 bits per heavy atom. The summed E-state index contributed by atoms with van der Waals surface area (Å²) >= 11 is 0. The number of likely N-dealkylation sites (N-methyl/N-ethyl adjacent to an activating group) is 1. The monoisotopic (exact) mass is 302 g/mol. The van der Waals surface area contributed by atoms with Gasteiger partial charge in [-0.3, -0.25) is 4.90 Å². The van der Waals surface area contributed by atoms with Crippen molar-refractivity contribution in [2.24, 2.45) is 0 Å². The fourth-order valence-electron chi connectivity index (χ4n) is 3.24. The normalized spacial score (nSPS) is 20.8. The Bertz CT molecular complexity index is 525. The summed E-state index contributed by atoms with van der Waals surface area (Å²) in [7, 11) is 2.17. The van der Waals surface area contributed by atoms with Gasteiger partial charge in [0, 0.05) is 51.0 Å². The SMILES string of the molecule is Cc1cccc(C)c1NC(=O)N1CC(N2CCN(C)CC2)C1. The molecule has 5 nitrogen and oxygen atoms in total. The first-order valence-electron chi connectivity index (χ1n) is 8.09. The maximum absolute atomic E-state index is 12.4. The van der Waals surface area contributed by atoms with Gasteiger partial charge in [0.05, 0.1) is 0 Å². The first kappa shape index (κ1) is 15.3. The topological polar surface area (TPSA) is 38.8 Å². The lowest BCUT2D eigenvalue weighted by Crippen LogP contribution is -2.64. The van der Waals surface area contributed by atoms with Gasteiger partial charge in [0.25, 0.3) is 0 Å². The van der Waals surface area contributed by atoms with E-state index in [1.165, 1.54) is 0 Å². The number of piperazine rings is 1. The number of carbonyl (C=O) groups excluding carboxylic acids is 1. The molecule has 5 heteroatoms. The van der Waals surface area contributed by atoms with E-state index in [4.69, 9.17) is 0 Å². The zero-order valence-corrected chi connectivity index (χ0v) is 13.8. The molecule has 2 aliphatic rings. The van der Waals surface area contributed by atoms with E-state index in [2.05, 4.69) is 22.2 Å². The molecule has 2 amide bonds. The van der Waals surface area contributed by atoms with E-state index in [9.17, 15) is 4.79 Å². The summed E-state index contributed by atoms with van der Waals surface area (Å²) in [4.78, 5) is 19.2. The van der Waals surface area contributed by atoms with E-state index in [1.54, 1.807) is 0 Å². The van der Waals surface area contributed by atoms with Crippen molar-refractivity contribution in [3.05, 3.63) is 29.3 Å². The maximum atomic E-state index is 12.4. The predicted octanol–water partition coefficient (Wildman–Crippen LogP) is 1.77. The number of nitrogens with zero attached hydrogens (tertiary/aromatic N) is 3. The molecular formula is C17H26N4O. The second-order valence-corrected chi connectivity index (χ2v) is 6.60. The van der Waals surface area contributed by atoms with Crippen LogP contribution in [-0.4, -0.2) is 73.1 Å². The molecule has 0 spiro atoms. The molecule has 0 atom stereocenters. The second kappa shape index (κ2) is 6.26. The average Bonchev–Trinajstić information content (AvgIpc) is 2.43. The van der Waals surface area contributed by atoms with Crippen LogP contribution in [0, 0.1) is 13.8 Å². The molecule has 2 fully saturated rings. The summed E-state index contributed by atoms with van der Waals surface area (Å²) < 4.78 is 0. The van der Waals surface area contributed by atoms with Crippen LogP contribution >= 0.6 is 0 Å². The number of amides is 2. The molecule has 120 valence electrons. The van der Waals surface area contributed by atoms with Crippen molar-refractivity contribution in [2.45, 2.75) is 19.9 Å². The fraction of sp³-hybridized carbons (Fsp3) is 0.588. The highest BCUT2D eigenvalue weighted by Gasteiger charge is 2.35. The van der Waals surface area contributed by atoms with Gasteiger partial charge in [0.15, 0.2) is 0 Å². The van der Waals surface area contributed by atoms with Crippen LogP contribution < -0.4 is 5.32 Å². The number of carbonyl (C=O) groups is 1. The average molecular weight is 302 g/mol. The number of hydrogen-bond acceptors (Lipinski definition) is 3. The third-order valence-electron chi connectivity index (χ3n) is 4.92. The van der Waals surface area contributed by atoms with Crippen LogP contribution in [0.25, 0.3) is 0 Å². The molecule has 1 aromatic rings. The van der Waals surface area contributed by atoms with Gasteiger partial charge >= 0.3 is 6.03 Å². The molecule has 1 aromatic carbocycles. The standard InChI is InChI=1S/C17H26N4O/c1-13-5-4-6-14(2)16(13)18-17(22)21-11-15(12-21)20-9-7-19(3)8-10-20/h4-6,15H,7-12H2,1-3H3,(H,18,22). The molecule has 2 aliphatic heterocycles. The molecule has 22 heavy (non-hydrogen) atoms. The third kappa shape index (κ3) is 3.10. The molecule has 2 heterocycles. The number of rotatable bonds is 2. The summed E-state index contributed by atoms with van der Waals surface area (Å²) in [6.07, 6.45) is 0. The number of nitrogens with one attached hydrogen (secondary N) is 1.